The number of pyridine rings is 1. The van der Waals surface area contributed by atoms with Crippen LogP contribution in [0.3, 0.4) is 0 Å². The lowest BCUT2D eigenvalue weighted by atomic mass is 9.95. The fourth-order valence-corrected chi connectivity index (χ4v) is 1.95. The molecule has 1 aromatic heterocycles. The van der Waals surface area contributed by atoms with Crippen molar-refractivity contribution in [1.82, 2.24) is 4.98 Å². The van der Waals surface area contributed by atoms with Crippen molar-refractivity contribution in [3.8, 4) is 0 Å². The third-order valence-corrected chi connectivity index (χ3v) is 3.26. The molecule has 1 aromatic rings. The standard InChI is InChI=1S/C13H20F3N3/c1-3-9(4-2)11(17)8-19-12-6-5-10(7-18-12)13(14,15)16/h5-7,9,11H,3-4,8,17H2,1-2H3,(H,18,19). The van der Waals surface area contributed by atoms with Crippen molar-refractivity contribution in [2.75, 3.05) is 11.9 Å². The first-order valence-electron chi connectivity index (χ1n) is 6.41. The maximum atomic E-state index is 12.4. The molecular formula is C13H20F3N3. The van der Waals surface area contributed by atoms with Crippen LogP contribution in [0.2, 0.25) is 0 Å². The smallest absolute Gasteiger partial charge is 0.369 e. The molecule has 3 N–H and O–H groups in total. The molecule has 1 unspecified atom stereocenters. The monoisotopic (exact) mass is 275 g/mol. The minimum Gasteiger partial charge on any atom is -0.369 e. The number of nitrogens with one attached hydrogen (secondary N) is 1. The number of rotatable bonds is 6. The predicted octanol–water partition coefficient (Wildman–Crippen LogP) is 3.28. The Kier molecular flexibility index (Phi) is 5.60. The van der Waals surface area contributed by atoms with E-state index in [0.717, 1.165) is 25.1 Å². The molecular weight excluding hydrogens is 255 g/mol. The molecule has 0 bridgehead atoms. The lowest BCUT2D eigenvalue weighted by Gasteiger charge is -2.21. The first-order chi connectivity index (χ1) is 8.88. The number of hydrogen-bond acceptors (Lipinski definition) is 3. The van der Waals surface area contributed by atoms with Crippen molar-refractivity contribution < 1.29 is 13.2 Å². The van der Waals surface area contributed by atoms with Crippen LogP contribution >= 0.6 is 0 Å². The summed E-state index contributed by atoms with van der Waals surface area (Å²) in [5.41, 5.74) is 5.27. The first-order valence-corrected chi connectivity index (χ1v) is 6.41. The highest BCUT2D eigenvalue weighted by Crippen LogP contribution is 2.28. The molecule has 3 nitrogen and oxygen atoms in total. The van der Waals surface area contributed by atoms with E-state index >= 15 is 0 Å². The van der Waals surface area contributed by atoms with Crippen LogP contribution < -0.4 is 11.1 Å². The van der Waals surface area contributed by atoms with Crippen molar-refractivity contribution in [3.05, 3.63) is 23.9 Å². The highest BCUT2D eigenvalue weighted by atomic mass is 19.4. The van der Waals surface area contributed by atoms with E-state index in [-0.39, 0.29) is 6.04 Å². The molecule has 0 aliphatic carbocycles. The van der Waals surface area contributed by atoms with Gasteiger partial charge in [-0.2, -0.15) is 13.2 Å². The van der Waals surface area contributed by atoms with Gasteiger partial charge in [-0.25, -0.2) is 4.98 Å². The average Bonchev–Trinajstić information content (AvgIpc) is 2.37. The van der Waals surface area contributed by atoms with Crippen LogP contribution in [-0.2, 0) is 6.18 Å². The number of hydrogen-bond donors (Lipinski definition) is 2. The van der Waals surface area contributed by atoms with Gasteiger partial charge in [0.05, 0.1) is 5.56 Å². The zero-order chi connectivity index (χ0) is 14.5. The van der Waals surface area contributed by atoms with Gasteiger partial charge < -0.3 is 11.1 Å². The number of nitrogens with two attached hydrogens (primary N) is 1. The molecule has 0 saturated carbocycles. The van der Waals surface area contributed by atoms with Crippen molar-refractivity contribution in [3.63, 3.8) is 0 Å². The SMILES string of the molecule is CCC(CC)C(N)CNc1ccc(C(F)(F)F)cn1. The normalized spacial score (nSPS) is 13.6. The second-order valence-corrected chi connectivity index (χ2v) is 4.55. The minimum atomic E-state index is -4.35. The van der Waals surface area contributed by atoms with Gasteiger partial charge in [-0.05, 0) is 18.1 Å². The Morgan fingerprint density at radius 2 is 1.89 bits per heavy atom. The van der Waals surface area contributed by atoms with Crippen LogP contribution in [0.5, 0.6) is 0 Å². The Morgan fingerprint density at radius 1 is 1.26 bits per heavy atom. The number of anilines is 1. The Hall–Kier alpha value is -1.30. The van der Waals surface area contributed by atoms with Crippen LogP contribution in [0, 0.1) is 5.92 Å². The number of alkyl halides is 3. The first kappa shape index (κ1) is 15.8. The molecule has 0 aliphatic heterocycles. The summed E-state index contributed by atoms with van der Waals surface area (Å²) >= 11 is 0. The fraction of sp³-hybridized carbons (Fsp3) is 0.615. The van der Waals surface area contributed by atoms with Gasteiger partial charge in [0.2, 0.25) is 0 Å². The number of aromatic nitrogens is 1. The predicted molar refractivity (Wildman–Crippen MR) is 69.8 cm³/mol. The molecule has 0 aliphatic rings. The van der Waals surface area contributed by atoms with E-state index in [1.54, 1.807) is 0 Å². The van der Waals surface area contributed by atoms with Crippen molar-refractivity contribution in [2.24, 2.45) is 11.7 Å². The zero-order valence-electron chi connectivity index (χ0n) is 11.2. The van der Waals surface area contributed by atoms with E-state index in [2.05, 4.69) is 24.1 Å². The Morgan fingerprint density at radius 3 is 2.32 bits per heavy atom. The minimum absolute atomic E-state index is 0.0286. The third kappa shape index (κ3) is 4.70. The molecule has 108 valence electrons. The van der Waals surface area contributed by atoms with Gasteiger partial charge in [-0.1, -0.05) is 26.7 Å². The van der Waals surface area contributed by atoms with Crippen LogP contribution in [-0.4, -0.2) is 17.6 Å². The topological polar surface area (TPSA) is 50.9 Å². The Labute approximate surface area is 111 Å². The highest BCUT2D eigenvalue weighted by Gasteiger charge is 2.30. The lowest BCUT2D eigenvalue weighted by molar-refractivity contribution is -0.137. The van der Waals surface area contributed by atoms with Crippen LogP contribution in [0.1, 0.15) is 32.3 Å². The molecule has 0 saturated heterocycles. The summed E-state index contributed by atoms with van der Waals surface area (Å²) in [5, 5.41) is 2.97. The largest absolute Gasteiger partial charge is 0.417 e. The van der Waals surface area contributed by atoms with Crippen LogP contribution in [0.25, 0.3) is 0 Å². The maximum Gasteiger partial charge on any atom is 0.417 e. The van der Waals surface area contributed by atoms with Crippen molar-refractivity contribution >= 4 is 5.82 Å². The van der Waals surface area contributed by atoms with Gasteiger partial charge in [0.1, 0.15) is 5.82 Å². The molecule has 0 amide bonds. The number of nitrogens with zero attached hydrogens (tertiary/aromatic N) is 1. The molecule has 1 atom stereocenters. The van der Waals surface area contributed by atoms with E-state index in [4.69, 9.17) is 5.73 Å². The van der Waals surface area contributed by atoms with E-state index in [1.807, 2.05) is 0 Å². The molecule has 6 heteroatoms. The molecule has 0 radical (unpaired) electrons. The van der Waals surface area contributed by atoms with Gasteiger partial charge in [0, 0.05) is 18.8 Å². The van der Waals surface area contributed by atoms with Gasteiger partial charge in [0.25, 0.3) is 0 Å². The molecule has 1 heterocycles. The Bertz CT molecular complexity index is 372. The second kappa shape index (κ2) is 6.75. The molecule has 0 spiro atoms. The summed E-state index contributed by atoms with van der Waals surface area (Å²) < 4.78 is 37.1. The van der Waals surface area contributed by atoms with Gasteiger partial charge in [-0.3, -0.25) is 0 Å². The maximum absolute atomic E-state index is 12.4. The average molecular weight is 275 g/mol. The zero-order valence-corrected chi connectivity index (χ0v) is 11.2. The van der Waals surface area contributed by atoms with Gasteiger partial charge in [0.15, 0.2) is 0 Å². The summed E-state index contributed by atoms with van der Waals surface area (Å²) in [6, 6.07) is 2.31. The van der Waals surface area contributed by atoms with Gasteiger partial charge in [-0.15, -0.1) is 0 Å². The molecule has 19 heavy (non-hydrogen) atoms. The summed E-state index contributed by atoms with van der Waals surface area (Å²) in [6.07, 6.45) is -1.55. The summed E-state index contributed by atoms with van der Waals surface area (Å²) in [4.78, 5) is 3.74. The Balaban J connectivity index is 2.55. The third-order valence-electron chi connectivity index (χ3n) is 3.26. The second-order valence-electron chi connectivity index (χ2n) is 4.55. The van der Waals surface area contributed by atoms with E-state index in [9.17, 15) is 13.2 Å². The quantitative estimate of drug-likeness (QED) is 0.837. The van der Waals surface area contributed by atoms with Crippen molar-refractivity contribution in [1.29, 1.82) is 0 Å². The lowest BCUT2D eigenvalue weighted by Crippen LogP contribution is -2.36. The molecule has 0 aromatic carbocycles. The number of halogens is 3. The van der Waals surface area contributed by atoms with Crippen LogP contribution in [0.4, 0.5) is 19.0 Å². The van der Waals surface area contributed by atoms with E-state index in [1.165, 1.54) is 6.07 Å². The molecule has 1 rings (SSSR count). The van der Waals surface area contributed by atoms with Crippen LogP contribution in [0.15, 0.2) is 18.3 Å². The van der Waals surface area contributed by atoms with Gasteiger partial charge >= 0.3 is 6.18 Å². The van der Waals surface area contributed by atoms with Crippen molar-refractivity contribution in [2.45, 2.75) is 38.9 Å². The summed E-state index contributed by atoms with van der Waals surface area (Å²) in [5.74, 6) is 0.816. The van der Waals surface area contributed by atoms with E-state index in [0.29, 0.717) is 18.3 Å². The summed E-state index contributed by atoms with van der Waals surface area (Å²) in [7, 11) is 0. The molecule has 0 fully saturated rings. The van der Waals surface area contributed by atoms with E-state index < -0.39 is 11.7 Å². The summed E-state index contributed by atoms with van der Waals surface area (Å²) in [6.45, 7) is 4.65. The highest BCUT2D eigenvalue weighted by molar-refractivity contribution is 5.36. The fourth-order valence-electron chi connectivity index (χ4n) is 1.95.